The maximum Gasteiger partial charge on any atom is 0.132 e. The summed E-state index contributed by atoms with van der Waals surface area (Å²) in [4.78, 5) is 8.78. The molecule has 1 rings (SSSR count). The van der Waals surface area contributed by atoms with Gasteiger partial charge < -0.3 is 10.4 Å². The fraction of sp³-hybridized carbons (Fsp3) is 0.692. The van der Waals surface area contributed by atoms with Gasteiger partial charge in [-0.25, -0.2) is 9.97 Å². The summed E-state index contributed by atoms with van der Waals surface area (Å²) < 4.78 is 0.782. The zero-order chi connectivity index (χ0) is 13.5. The molecule has 2 N–H and O–H groups in total. The zero-order valence-electron chi connectivity index (χ0n) is 11.3. The molecule has 1 aromatic heterocycles. The predicted octanol–water partition coefficient (Wildman–Crippen LogP) is 3.01. The molecule has 102 valence electrons. The summed E-state index contributed by atoms with van der Waals surface area (Å²) >= 11 is 3.39. The minimum Gasteiger partial charge on any atom is -0.394 e. The van der Waals surface area contributed by atoms with Gasteiger partial charge in [0.25, 0.3) is 0 Å². The first-order chi connectivity index (χ1) is 8.55. The molecular formula is C13H22BrN3O. The average Bonchev–Trinajstić information content (AvgIpc) is 2.27. The zero-order valence-corrected chi connectivity index (χ0v) is 12.9. The SMILES string of the molecule is CCCc1nc(Br)cc(NC(CO)CC(C)C)n1. The van der Waals surface area contributed by atoms with E-state index in [1.807, 2.05) is 6.07 Å². The Morgan fingerprint density at radius 1 is 1.39 bits per heavy atom. The highest BCUT2D eigenvalue weighted by atomic mass is 79.9. The van der Waals surface area contributed by atoms with E-state index < -0.39 is 0 Å². The number of halogens is 1. The highest BCUT2D eigenvalue weighted by molar-refractivity contribution is 9.10. The van der Waals surface area contributed by atoms with E-state index in [2.05, 4.69) is 52.0 Å². The van der Waals surface area contributed by atoms with Gasteiger partial charge in [-0.1, -0.05) is 20.8 Å². The Kier molecular flexibility index (Phi) is 6.57. The normalized spacial score (nSPS) is 12.8. The number of hydrogen-bond acceptors (Lipinski definition) is 4. The van der Waals surface area contributed by atoms with Crippen LogP contribution in [-0.2, 0) is 6.42 Å². The second-order valence-electron chi connectivity index (χ2n) is 4.90. The number of nitrogens with one attached hydrogen (secondary N) is 1. The third-order valence-electron chi connectivity index (χ3n) is 2.54. The maximum atomic E-state index is 9.36. The van der Waals surface area contributed by atoms with Crippen LogP contribution in [0.25, 0.3) is 0 Å². The minimum atomic E-state index is 0.0428. The molecule has 1 atom stereocenters. The van der Waals surface area contributed by atoms with E-state index in [1.165, 1.54) is 0 Å². The molecular weight excluding hydrogens is 294 g/mol. The van der Waals surface area contributed by atoms with Gasteiger partial charge in [0.2, 0.25) is 0 Å². The smallest absolute Gasteiger partial charge is 0.132 e. The molecule has 0 aliphatic rings. The first-order valence-corrected chi connectivity index (χ1v) is 7.25. The first-order valence-electron chi connectivity index (χ1n) is 6.46. The van der Waals surface area contributed by atoms with Gasteiger partial charge in [0.1, 0.15) is 16.2 Å². The van der Waals surface area contributed by atoms with Gasteiger partial charge in [0, 0.05) is 12.5 Å². The summed E-state index contributed by atoms with van der Waals surface area (Å²) in [5.74, 6) is 2.14. The second kappa shape index (κ2) is 7.69. The van der Waals surface area contributed by atoms with Crippen molar-refractivity contribution in [3.63, 3.8) is 0 Å². The minimum absolute atomic E-state index is 0.0428. The largest absolute Gasteiger partial charge is 0.394 e. The molecule has 0 spiro atoms. The van der Waals surface area contributed by atoms with Gasteiger partial charge >= 0.3 is 0 Å². The number of nitrogens with zero attached hydrogens (tertiary/aromatic N) is 2. The lowest BCUT2D eigenvalue weighted by Gasteiger charge is -2.19. The van der Waals surface area contributed by atoms with Crippen LogP contribution < -0.4 is 5.32 Å². The Morgan fingerprint density at radius 2 is 2.11 bits per heavy atom. The average molecular weight is 316 g/mol. The van der Waals surface area contributed by atoms with Gasteiger partial charge in [0.05, 0.1) is 12.6 Å². The molecule has 1 unspecified atom stereocenters. The standard InChI is InChI=1S/C13H22BrN3O/c1-4-5-12-16-11(14)7-13(17-12)15-10(8-18)6-9(2)3/h7,9-10,18H,4-6,8H2,1-3H3,(H,15,16,17). The van der Waals surface area contributed by atoms with E-state index in [0.29, 0.717) is 5.92 Å². The van der Waals surface area contributed by atoms with Crippen LogP contribution in [-0.4, -0.2) is 27.7 Å². The van der Waals surface area contributed by atoms with Crippen molar-refractivity contribution in [1.82, 2.24) is 9.97 Å². The highest BCUT2D eigenvalue weighted by Crippen LogP contribution is 2.16. The molecule has 0 radical (unpaired) electrons. The number of aliphatic hydroxyl groups is 1. The number of aromatic nitrogens is 2. The van der Waals surface area contributed by atoms with E-state index in [4.69, 9.17) is 0 Å². The van der Waals surface area contributed by atoms with Crippen molar-refractivity contribution in [2.75, 3.05) is 11.9 Å². The second-order valence-corrected chi connectivity index (χ2v) is 5.71. The molecule has 0 fully saturated rings. The third kappa shape index (κ3) is 5.31. The quantitative estimate of drug-likeness (QED) is 0.759. The van der Waals surface area contributed by atoms with Gasteiger partial charge in [-0.15, -0.1) is 0 Å². The summed E-state index contributed by atoms with van der Waals surface area (Å²) in [5, 5.41) is 12.6. The van der Waals surface area contributed by atoms with Crippen molar-refractivity contribution in [1.29, 1.82) is 0 Å². The van der Waals surface area contributed by atoms with Crippen LogP contribution in [0.2, 0.25) is 0 Å². The van der Waals surface area contributed by atoms with Crippen LogP contribution in [0.5, 0.6) is 0 Å². The summed E-state index contributed by atoms with van der Waals surface area (Å²) in [7, 11) is 0. The fourth-order valence-electron chi connectivity index (χ4n) is 1.83. The van der Waals surface area contributed by atoms with E-state index in [0.717, 1.165) is 35.5 Å². The Labute approximate surface area is 117 Å². The van der Waals surface area contributed by atoms with E-state index in [9.17, 15) is 5.11 Å². The number of aryl methyl sites for hydroxylation is 1. The lowest BCUT2D eigenvalue weighted by Crippen LogP contribution is -2.26. The van der Waals surface area contributed by atoms with Gasteiger partial charge in [-0.3, -0.25) is 0 Å². The summed E-state index contributed by atoms with van der Waals surface area (Å²) in [6.07, 6.45) is 2.80. The molecule has 0 aromatic carbocycles. The molecule has 5 heteroatoms. The maximum absolute atomic E-state index is 9.36. The Bertz CT molecular complexity index is 371. The van der Waals surface area contributed by atoms with Crippen LogP contribution in [0.4, 0.5) is 5.82 Å². The molecule has 0 aliphatic heterocycles. The molecule has 18 heavy (non-hydrogen) atoms. The molecule has 0 amide bonds. The topological polar surface area (TPSA) is 58.0 Å². The summed E-state index contributed by atoms with van der Waals surface area (Å²) in [6.45, 7) is 6.50. The van der Waals surface area contributed by atoms with E-state index in [-0.39, 0.29) is 12.6 Å². The summed E-state index contributed by atoms with van der Waals surface area (Å²) in [6, 6.07) is 1.89. The van der Waals surface area contributed by atoms with E-state index in [1.54, 1.807) is 0 Å². The monoisotopic (exact) mass is 315 g/mol. The molecule has 4 nitrogen and oxygen atoms in total. The predicted molar refractivity (Wildman–Crippen MR) is 77.7 cm³/mol. The van der Waals surface area contributed by atoms with Crippen molar-refractivity contribution in [2.45, 2.75) is 46.1 Å². The molecule has 0 saturated carbocycles. The van der Waals surface area contributed by atoms with Crippen LogP contribution in [0, 0.1) is 5.92 Å². The van der Waals surface area contributed by atoms with E-state index >= 15 is 0 Å². The van der Waals surface area contributed by atoms with Crippen LogP contribution in [0.15, 0.2) is 10.7 Å². The first kappa shape index (κ1) is 15.4. The molecule has 1 heterocycles. The van der Waals surface area contributed by atoms with Crippen molar-refractivity contribution < 1.29 is 5.11 Å². The van der Waals surface area contributed by atoms with Crippen molar-refractivity contribution in [3.05, 3.63) is 16.5 Å². The van der Waals surface area contributed by atoms with Gasteiger partial charge in [-0.05, 0) is 34.7 Å². The number of aliphatic hydroxyl groups excluding tert-OH is 1. The van der Waals surface area contributed by atoms with Crippen molar-refractivity contribution in [2.24, 2.45) is 5.92 Å². The Morgan fingerprint density at radius 3 is 2.67 bits per heavy atom. The lowest BCUT2D eigenvalue weighted by molar-refractivity contribution is 0.259. The molecule has 0 saturated heterocycles. The Hall–Kier alpha value is -0.680. The van der Waals surface area contributed by atoms with Gasteiger partial charge in [0.15, 0.2) is 0 Å². The summed E-state index contributed by atoms with van der Waals surface area (Å²) in [5.41, 5.74) is 0. The van der Waals surface area contributed by atoms with Crippen LogP contribution in [0.1, 0.15) is 39.4 Å². The van der Waals surface area contributed by atoms with Crippen molar-refractivity contribution >= 4 is 21.7 Å². The lowest BCUT2D eigenvalue weighted by atomic mass is 10.0. The Balaban J connectivity index is 2.75. The highest BCUT2D eigenvalue weighted by Gasteiger charge is 2.11. The fourth-order valence-corrected chi connectivity index (χ4v) is 2.25. The number of anilines is 1. The van der Waals surface area contributed by atoms with Crippen LogP contribution in [0.3, 0.4) is 0 Å². The van der Waals surface area contributed by atoms with Gasteiger partial charge in [-0.2, -0.15) is 0 Å². The number of rotatable bonds is 7. The molecule has 0 bridgehead atoms. The molecule has 0 aliphatic carbocycles. The number of hydrogen-bond donors (Lipinski definition) is 2. The third-order valence-corrected chi connectivity index (χ3v) is 2.95. The van der Waals surface area contributed by atoms with Crippen LogP contribution >= 0.6 is 15.9 Å². The molecule has 1 aromatic rings. The van der Waals surface area contributed by atoms with Crippen molar-refractivity contribution in [3.8, 4) is 0 Å².